The maximum Gasteiger partial charge on any atom is 0.0619 e. The summed E-state index contributed by atoms with van der Waals surface area (Å²) in [5.41, 5.74) is 0. The summed E-state index contributed by atoms with van der Waals surface area (Å²) in [7, 11) is 0. The van der Waals surface area contributed by atoms with E-state index < -0.39 is 0 Å². The van der Waals surface area contributed by atoms with Crippen LogP contribution in [0.4, 0.5) is 0 Å². The van der Waals surface area contributed by atoms with Gasteiger partial charge in [-0.1, -0.05) is 6.42 Å². The van der Waals surface area contributed by atoms with Crippen LogP contribution in [0.2, 0.25) is 0 Å². The zero-order valence-electron chi connectivity index (χ0n) is 10.7. The van der Waals surface area contributed by atoms with Crippen molar-refractivity contribution < 1.29 is 4.74 Å². The van der Waals surface area contributed by atoms with Crippen LogP contribution in [0, 0.1) is 0 Å². The van der Waals surface area contributed by atoms with Gasteiger partial charge in [0.15, 0.2) is 0 Å². The quantitative estimate of drug-likeness (QED) is 0.791. The Hall–Kier alpha value is -0.120. The topological polar surface area (TPSA) is 24.5 Å². The molecule has 0 amide bonds. The second-order valence-electron chi connectivity index (χ2n) is 5.39. The van der Waals surface area contributed by atoms with Crippen molar-refractivity contribution in [3.8, 4) is 0 Å². The molecular weight excluding hydrogens is 200 g/mol. The summed E-state index contributed by atoms with van der Waals surface area (Å²) in [6.45, 7) is 8.79. The molecule has 2 aliphatic rings. The highest BCUT2D eigenvalue weighted by Gasteiger charge is 2.26. The monoisotopic (exact) mass is 226 g/mol. The van der Waals surface area contributed by atoms with Gasteiger partial charge in [-0.05, 0) is 39.7 Å². The van der Waals surface area contributed by atoms with E-state index >= 15 is 0 Å². The minimum absolute atomic E-state index is 0.590. The Kier molecular flexibility index (Phi) is 4.62. The Labute approximate surface area is 99.5 Å². The Bertz CT molecular complexity index is 204. The maximum absolute atomic E-state index is 5.49. The zero-order chi connectivity index (χ0) is 11.4. The van der Waals surface area contributed by atoms with E-state index in [1.165, 1.54) is 32.2 Å². The lowest BCUT2D eigenvalue weighted by Crippen LogP contribution is -2.50. The first-order valence-corrected chi connectivity index (χ1v) is 6.84. The van der Waals surface area contributed by atoms with Crippen molar-refractivity contribution >= 4 is 0 Å². The van der Waals surface area contributed by atoms with Crippen molar-refractivity contribution in [2.45, 2.75) is 57.7 Å². The minimum Gasteiger partial charge on any atom is -0.379 e. The molecule has 0 aromatic carbocycles. The zero-order valence-corrected chi connectivity index (χ0v) is 10.7. The number of ether oxygens (including phenoxy) is 1. The van der Waals surface area contributed by atoms with Crippen LogP contribution >= 0.6 is 0 Å². The molecule has 0 aliphatic carbocycles. The molecule has 3 atom stereocenters. The molecule has 0 spiro atoms. The summed E-state index contributed by atoms with van der Waals surface area (Å²) in [5, 5.41) is 3.65. The van der Waals surface area contributed by atoms with Crippen LogP contribution in [0.5, 0.6) is 0 Å². The number of nitrogens with one attached hydrogen (secondary N) is 1. The van der Waals surface area contributed by atoms with Crippen molar-refractivity contribution in [2.75, 3.05) is 26.3 Å². The summed E-state index contributed by atoms with van der Waals surface area (Å²) >= 11 is 0. The number of rotatable bonds is 3. The van der Waals surface area contributed by atoms with Crippen LogP contribution in [0.3, 0.4) is 0 Å². The minimum atomic E-state index is 0.590. The van der Waals surface area contributed by atoms with Gasteiger partial charge in [0, 0.05) is 24.7 Å². The van der Waals surface area contributed by atoms with Gasteiger partial charge in [-0.2, -0.15) is 0 Å². The van der Waals surface area contributed by atoms with E-state index in [2.05, 4.69) is 24.1 Å². The standard InChI is InChI=1S/C13H26N2O/c1-11(9-13-5-3-4-6-14-13)15-7-8-16-10-12(15)2/h11-14H,3-10H2,1-2H3. The normalized spacial score (nSPS) is 34.9. The number of morpholine rings is 1. The Morgan fingerprint density at radius 3 is 3.00 bits per heavy atom. The van der Waals surface area contributed by atoms with Crippen molar-refractivity contribution in [3.63, 3.8) is 0 Å². The molecule has 0 radical (unpaired) electrons. The SMILES string of the molecule is CC1COCCN1C(C)CC1CCCCN1. The molecule has 94 valence electrons. The van der Waals surface area contributed by atoms with Crippen LogP contribution in [-0.4, -0.2) is 49.3 Å². The van der Waals surface area contributed by atoms with Gasteiger partial charge in [-0.15, -0.1) is 0 Å². The largest absolute Gasteiger partial charge is 0.379 e. The van der Waals surface area contributed by atoms with Crippen molar-refractivity contribution in [2.24, 2.45) is 0 Å². The molecule has 0 aromatic heterocycles. The molecule has 16 heavy (non-hydrogen) atoms. The molecule has 0 saturated carbocycles. The van der Waals surface area contributed by atoms with E-state index in [0.717, 1.165) is 25.8 Å². The molecule has 0 bridgehead atoms. The summed E-state index contributed by atoms with van der Waals surface area (Å²) in [4.78, 5) is 2.61. The van der Waals surface area contributed by atoms with Gasteiger partial charge >= 0.3 is 0 Å². The highest BCUT2D eigenvalue weighted by Crippen LogP contribution is 2.18. The van der Waals surface area contributed by atoms with E-state index in [1.807, 2.05) is 0 Å². The fourth-order valence-corrected chi connectivity index (χ4v) is 3.07. The molecule has 0 aromatic rings. The van der Waals surface area contributed by atoms with Crippen LogP contribution < -0.4 is 5.32 Å². The first-order valence-electron chi connectivity index (χ1n) is 6.84. The van der Waals surface area contributed by atoms with Crippen LogP contribution in [0.15, 0.2) is 0 Å². The summed E-state index contributed by atoms with van der Waals surface area (Å²) < 4.78 is 5.49. The Balaban J connectivity index is 1.78. The van der Waals surface area contributed by atoms with E-state index in [4.69, 9.17) is 4.74 Å². The molecule has 1 N–H and O–H groups in total. The Morgan fingerprint density at radius 1 is 1.44 bits per heavy atom. The summed E-state index contributed by atoms with van der Waals surface area (Å²) in [5.74, 6) is 0. The van der Waals surface area contributed by atoms with Gasteiger partial charge in [-0.3, -0.25) is 4.90 Å². The number of hydrogen-bond acceptors (Lipinski definition) is 3. The maximum atomic E-state index is 5.49. The van der Waals surface area contributed by atoms with Gasteiger partial charge in [0.1, 0.15) is 0 Å². The predicted octanol–water partition coefficient (Wildman–Crippen LogP) is 1.63. The van der Waals surface area contributed by atoms with E-state index in [0.29, 0.717) is 12.1 Å². The van der Waals surface area contributed by atoms with Crippen molar-refractivity contribution in [1.82, 2.24) is 10.2 Å². The van der Waals surface area contributed by atoms with Gasteiger partial charge in [0.2, 0.25) is 0 Å². The van der Waals surface area contributed by atoms with Gasteiger partial charge < -0.3 is 10.1 Å². The average molecular weight is 226 g/mol. The highest BCUT2D eigenvalue weighted by molar-refractivity contribution is 4.82. The molecule has 2 rings (SSSR count). The van der Waals surface area contributed by atoms with Crippen LogP contribution in [0.1, 0.15) is 39.5 Å². The lowest BCUT2D eigenvalue weighted by atomic mass is 9.97. The van der Waals surface area contributed by atoms with E-state index in [1.54, 1.807) is 0 Å². The molecule has 2 saturated heterocycles. The Morgan fingerprint density at radius 2 is 2.31 bits per heavy atom. The third kappa shape index (κ3) is 3.19. The third-order valence-electron chi connectivity index (χ3n) is 4.02. The predicted molar refractivity (Wildman–Crippen MR) is 66.7 cm³/mol. The summed E-state index contributed by atoms with van der Waals surface area (Å²) in [6, 6.07) is 2.03. The van der Waals surface area contributed by atoms with E-state index in [-0.39, 0.29) is 0 Å². The summed E-state index contributed by atoms with van der Waals surface area (Å²) in [6.07, 6.45) is 5.43. The lowest BCUT2D eigenvalue weighted by Gasteiger charge is -2.39. The molecule has 3 unspecified atom stereocenters. The van der Waals surface area contributed by atoms with Gasteiger partial charge in [0.05, 0.1) is 13.2 Å². The van der Waals surface area contributed by atoms with E-state index in [9.17, 15) is 0 Å². The molecule has 3 heteroatoms. The van der Waals surface area contributed by atoms with Crippen LogP contribution in [-0.2, 0) is 4.74 Å². The fraction of sp³-hybridized carbons (Fsp3) is 1.00. The molecule has 2 aliphatic heterocycles. The van der Waals surface area contributed by atoms with Crippen molar-refractivity contribution in [1.29, 1.82) is 0 Å². The van der Waals surface area contributed by atoms with Crippen molar-refractivity contribution in [3.05, 3.63) is 0 Å². The second kappa shape index (κ2) is 5.99. The molecule has 3 nitrogen and oxygen atoms in total. The molecule has 2 fully saturated rings. The third-order valence-corrected chi connectivity index (χ3v) is 4.02. The van der Waals surface area contributed by atoms with Gasteiger partial charge in [0.25, 0.3) is 0 Å². The first kappa shape index (κ1) is 12.3. The lowest BCUT2D eigenvalue weighted by molar-refractivity contribution is -0.0220. The molecular formula is C13H26N2O. The first-order chi connectivity index (χ1) is 7.77. The second-order valence-corrected chi connectivity index (χ2v) is 5.39. The number of piperidine rings is 1. The van der Waals surface area contributed by atoms with Crippen LogP contribution in [0.25, 0.3) is 0 Å². The fourth-order valence-electron chi connectivity index (χ4n) is 3.07. The molecule has 2 heterocycles. The van der Waals surface area contributed by atoms with Gasteiger partial charge in [-0.25, -0.2) is 0 Å². The smallest absolute Gasteiger partial charge is 0.0619 e. The number of hydrogen-bond donors (Lipinski definition) is 1. The highest BCUT2D eigenvalue weighted by atomic mass is 16.5. The average Bonchev–Trinajstić information content (AvgIpc) is 2.31. The number of nitrogens with zero attached hydrogens (tertiary/aromatic N) is 1.